The van der Waals surface area contributed by atoms with E-state index in [9.17, 15) is 0 Å². The maximum absolute atomic E-state index is 2.36. The number of benzene rings is 10. The van der Waals surface area contributed by atoms with E-state index in [2.05, 4.69) is 206 Å². The molecule has 0 amide bonds. The molecule has 0 aliphatic rings. The summed E-state index contributed by atoms with van der Waals surface area (Å²) in [4.78, 5) is 0. The van der Waals surface area contributed by atoms with Crippen LogP contribution in [0.4, 0.5) is 0 Å². The quantitative estimate of drug-likeness (QED) is 0.161. The van der Waals surface area contributed by atoms with Gasteiger partial charge in [-0.05, 0) is 111 Å². The van der Waals surface area contributed by atoms with Gasteiger partial charge in [0.25, 0.3) is 0 Å². The van der Waals surface area contributed by atoms with Crippen LogP contribution in [0.5, 0.6) is 0 Å². The SMILES string of the molecule is c1ccc(-c2cccc(-c3c4ccccc4c(-c4ccc(-c5ccccc5-c5ccc6ccccc6c5)c5ccccc45)c4ccccc34)c2)cc1. The lowest BCUT2D eigenvalue weighted by Gasteiger charge is -2.20. The van der Waals surface area contributed by atoms with Crippen LogP contribution in [0.15, 0.2) is 206 Å². The van der Waals surface area contributed by atoms with E-state index >= 15 is 0 Å². The Bertz CT molecular complexity index is 2890. The molecule has 0 aliphatic carbocycles. The first-order chi connectivity index (χ1) is 25.8. The smallest absolute Gasteiger partial charge is 0.00201 e. The van der Waals surface area contributed by atoms with Gasteiger partial charge in [0.2, 0.25) is 0 Å². The summed E-state index contributed by atoms with van der Waals surface area (Å²) < 4.78 is 0. The van der Waals surface area contributed by atoms with Crippen molar-refractivity contribution >= 4 is 43.1 Å². The molecule has 10 rings (SSSR count). The van der Waals surface area contributed by atoms with Crippen molar-refractivity contribution in [3.8, 4) is 55.6 Å². The molecule has 0 aromatic heterocycles. The maximum atomic E-state index is 2.36. The second kappa shape index (κ2) is 12.5. The van der Waals surface area contributed by atoms with Crippen LogP contribution in [-0.4, -0.2) is 0 Å². The molecule has 0 spiro atoms. The Balaban J connectivity index is 1.20. The van der Waals surface area contributed by atoms with Crippen molar-refractivity contribution in [2.45, 2.75) is 0 Å². The van der Waals surface area contributed by atoms with Crippen LogP contribution in [0.3, 0.4) is 0 Å². The molecule has 0 N–H and O–H groups in total. The van der Waals surface area contributed by atoms with E-state index < -0.39 is 0 Å². The molecule has 0 saturated carbocycles. The van der Waals surface area contributed by atoms with Gasteiger partial charge in [0.1, 0.15) is 0 Å². The van der Waals surface area contributed by atoms with Crippen LogP contribution in [-0.2, 0) is 0 Å². The van der Waals surface area contributed by atoms with Crippen molar-refractivity contribution in [2.75, 3.05) is 0 Å². The average Bonchev–Trinajstić information content (AvgIpc) is 3.22. The van der Waals surface area contributed by atoms with Crippen LogP contribution in [0, 0.1) is 0 Å². The third-order valence-electron chi connectivity index (χ3n) is 10.7. The van der Waals surface area contributed by atoms with Crippen molar-refractivity contribution in [1.29, 1.82) is 0 Å². The summed E-state index contributed by atoms with van der Waals surface area (Å²) in [5, 5.41) is 10.1. The van der Waals surface area contributed by atoms with E-state index in [4.69, 9.17) is 0 Å². The fourth-order valence-corrected chi connectivity index (χ4v) is 8.29. The van der Waals surface area contributed by atoms with Crippen LogP contribution in [0.2, 0.25) is 0 Å². The number of hydrogen-bond donors (Lipinski definition) is 0. The molecular weight excluding hydrogens is 625 g/mol. The molecule has 0 aliphatic heterocycles. The topological polar surface area (TPSA) is 0 Å². The second-order valence-corrected chi connectivity index (χ2v) is 13.6. The molecule has 0 atom stereocenters. The molecule has 10 aromatic carbocycles. The zero-order valence-electron chi connectivity index (χ0n) is 28.6. The summed E-state index contributed by atoms with van der Waals surface area (Å²) in [6.45, 7) is 0. The zero-order chi connectivity index (χ0) is 34.4. The highest BCUT2D eigenvalue weighted by Crippen LogP contribution is 2.47. The molecule has 0 bridgehead atoms. The van der Waals surface area contributed by atoms with Gasteiger partial charge in [-0.2, -0.15) is 0 Å². The van der Waals surface area contributed by atoms with Gasteiger partial charge in [-0.1, -0.05) is 194 Å². The average molecular weight is 659 g/mol. The molecule has 0 nitrogen and oxygen atoms in total. The van der Waals surface area contributed by atoms with Gasteiger partial charge in [-0.25, -0.2) is 0 Å². The Labute approximate surface area is 303 Å². The number of fused-ring (bicyclic) bond motifs is 4. The molecule has 0 fully saturated rings. The molecule has 0 heterocycles. The summed E-state index contributed by atoms with van der Waals surface area (Å²) in [6, 6.07) is 75.5. The molecule has 0 saturated heterocycles. The van der Waals surface area contributed by atoms with Crippen molar-refractivity contribution in [2.24, 2.45) is 0 Å². The molecule has 52 heavy (non-hydrogen) atoms. The molecule has 10 aromatic rings. The van der Waals surface area contributed by atoms with Crippen LogP contribution in [0.25, 0.3) is 98.7 Å². The summed E-state index contributed by atoms with van der Waals surface area (Å²) in [5.74, 6) is 0. The van der Waals surface area contributed by atoms with Gasteiger partial charge in [-0.3, -0.25) is 0 Å². The Morgan fingerprint density at radius 1 is 0.192 bits per heavy atom. The minimum Gasteiger partial charge on any atom is -0.0622 e. The van der Waals surface area contributed by atoms with Crippen LogP contribution in [0.1, 0.15) is 0 Å². The molecule has 242 valence electrons. The third kappa shape index (κ3) is 5.00. The van der Waals surface area contributed by atoms with Crippen LogP contribution < -0.4 is 0 Å². The first-order valence-electron chi connectivity index (χ1n) is 18.0. The van der Waals surface area contributed by atoms with E-state index in [1.165, 1.54) is 98.7 Å². The lowest BCUT2D eigenvalue weighted by Crippen LogP contribution is -1.93. The van der Waals surface area contributed by atoms with Crippen LogP contribution >= 0.6 is 0 Å². The van der Waals surface area contributed by atoms with Gasteiger partial charge < -0.3 is 0 Å². The first-order valence-corrected chi connectivity index (χ1v) is 18.0. The highest BCUT2D eigenvalue weighted by Gasteiger charge is 2.20. The van der Waals surface area contributed by atoms with E-state index in [0.29, 0.717) is 0 Å². The Morgan fingerprint density at radius 3 is 1.40 bits per heavy atom. The minimum absolute atomic E-state index is 1.22. The fraction of sp³-hybridized carbons (Fsp3) is 0. The van der Waals surface area contributed by atoms with Gasteiger partial charge in [0.15, 0.2) is 0 Å². The van der Waals surface area contributed by atoms with Crippen molar-refractivity contribution in [1.82, 2.24) is 0 Å². The lowest BCUT2D eigenvalue weighted by atomic mass is 9.83. The number of hydrogen-bond acceptors (Lipinski definition) is 0. The Morgan fingerprint density at radius 2 is 0.692 bits per heavy atom. The van der Waals surface area contributed by atoms with Gasteiger partial charge in [0, 0.05) is 0 Å². The summed E-state index contributed by atoms with van der Waals surface area (Å²) >= 11 is 0. The maximum Gasteiger partial charge on any atom is -0.00201 e. The zero-order valence-corrected chi connectivity index (χ0v) is 28.6. The highest BCUT2D eigenvalue weighted by atomic mass is 14.2. The molecule has 0 heteroatoms. The van der Waals surface area contributed by atoms with Crippen molar-refractivity contribution in [3.63, 3.8) is 0 Å². The first kappa shape index (κ1) is 30.1. The predicted molar refractivity (Wildman–Crippen MR) is 224 cm³/mol. The molecule has 0 unspecified atom stereocenters. The lowest BCUT2D eigenvalue weighted by molar-refractivity contribution is 1.61. The highest BCUT2D eigenvalue weighted by molar-refractivity contribution is 6.24. The third-order valence-corrected chi connectivity index (χ3v) is 10.7. The molecule has 0 radical (unpaired) electrons. The summed E-state index contributed by atoms with van der Waals surface area (Å²) in [5.41, 5.74) is 12.4. The van der Waals surface area contributed by atoms with Gasteiger partial charge >= 0.3 is 0 Å². The monoisotopic (exact) mass is 658 g/mol. The van der Waals surface area contributed by atoms with Gasteiger partial charge in [0.05, 0.1) is 0 Å². The Hall–Kier alpha value is -6.76. The van der Waals surface area contributed by atoms with Crippen molar-refractivity contribution in [3.05, 3.63) is 206 Å². The predicted octanol–water partition coefficient (Wildman–Crippen LogP) is 14.6. The normalized spacial score (nSPS) is 11.5. The molecular formula is C52H34. The van der Waals surface area contributed by atoms with E-state index in [-0.39, 0.29) is 0 Å². The van der Waals surface area contributed by atoms with E-state index in [1.807, 2.05) is 0 Å². The Kier molecular flexibility index (Phi) is 7.25. The fourth-order valence-electron chi connectivity index (χ4n) is 8.29. The minimum atomic E-state index is 1.22. The number of rotatable bonds is 5. The van der Waals surface area contributed by atoms with Crippen molar-refractivity contribution < 1.29 is 0 Å². The summed E-state index contributed by atoms with van der Waals surface area (Å²) in [6.07, 6.45) is 0. The summed E-state index contributed by atoms with van der Waals surface area (Å²) in [7, 11) is 0. The second-order valence-electron chi connectivity index (χ2n) is 13.6. The van der Waals surface area contributed by atoms with Gasteiger partial charge in [-0.15, -0.1) is 0 Å². The van der Waals surface area contributed by atoms with E-state index in [0.717, 1.165) is 0 Å². The van der Waals surface area contributed by atoms with E-state index in [1.54, 1.807) is 0 Å². The standard InChI is InChI=1S/C52H34/c1-2-15-35(16-3-1)38-19-14-20-40(34-38)51-46-25-10-12-27-48(46)52(49-28-13-11-26-47(49)51)50-32-31-45(43-23-8-9-24-44(43)50)42-22-7-6-21-41(42)39-30-29-36-17-4-5-18-37(36)33-39/h1-34H. The largest absolute Gasteiger partial charge is 0.0622 e.